The molecule has 10 heteroatoms. The molecular weight excluding hydrogens is 458 g/mol. The van der Waals surface area contributed by atoms with E-state index >= 15 is 0 Å². The van der Waals surface area contributed by atoms with Crippen LogP contribution in [0.5, 0.6) is 23.1 Å². The number of benzene rings is 1. The second-order valence-corrected chi connectivity index (χ2v) is 9.01. The van der Waals surface area contributed by atoms with Crippen molar-refractivity contribution in [3.8, 4) is 23.1 Å². The minimum Gasteiger partial charge on any atom is -0.492 e. The van der Waals surface area contributed by atoms with Crippen LogP contribution in [-0.4, -0.2) is 59.0 Å². The number of fused-ring (bicyclic) bond motifs is 2. The molecule has 180 valence electrons. The molecule has 4 heterocycles. The van der Waals surface area contributed by atoms with Crippen molar-refractivity contribution in [2.24, 2.45) is 0 Å². The fourth-order valence-electron chi connectivity index (χ4n) is 4.20. The van der Waals surface area contributed by atoms with Crippen molar-refractivity contribution in [2.45, 2.75) is 39.2 Å². The lowest BCUT2D eigenvalue weighted by atomic mass is 10.1. The molecule has 1 aromatic carbocycles. The molecule has 1 N–H and O–H groups in total. The minimum atomic E-state index is -0.0506. The monoisotopic (exact) mass is 485 g/mol. The highest BCUT2D eigenvalue weighted by molar-refractivity contribution is 6.33. The molecular formula is C24H28ClN5O4. The number of nitrogens with one attached hydrogen (secondary N) is 1. The summed E-state index contributed by atoms with van der Waals surface area (Å²) in [6.45, 7) is 7.83. The number of piperidine rings is 1. The van der Waals surface area contributed by atoms with Gasteiger partial charge >= 0.3 is 0 Å². The predicted molar refractivity (Wildman–Crippen MR) is 130 cm³/mol. The SMILES string of the molecule is CC(C)Oc1cc(OCCN2CCCCC2)cc2ncnc(Nc3c(Cl)cnc4c3OCO4)c12. The number of aromatic nitrogens is 3. The van der Waals surface area contributed by atoms with Crippen molar-refractivity contribution in [2.75, 3.05) is 38.4 Å². The van der Waals surface area contributed by atoms with E-state index < -0.39 is 0 Å². The summed E-state index contributed by atoms with van der Waals surface area (Å²) in [5, 5.41) is 4.39. The lowest BCUT2D eigenvalue weighted by Gasteiger charge is -2.26. The average molecular weight is 486 g/mol. The first-order valence-electron chi connectivity index (χ1n) is 11.6. The van der Waals surface area contributed by atoms with Crippen LogP contribution in [0.25, 0.3) is 10.9 Å². The molecule has 0 amide bonds. The predicted octanol–water partition coefficient (Wildman–Crippen LogP) is 4.80. The van der Waals surface area contributed by atoms with E-state index in [0.717, 1.165) is 25.0 Å². The number of nitrogens with zero attached hydrogens (tertiary/aromatic N) is 4. The van der Waals surface area contributed by atoms with Gasteiger partial charge in [-0.1, -0.05) is 18.0 Å². The summed E-state index contributed by atoms with van der Waals surface area (Å²) in [4.78, 5) is 15.6. The van der Waals surface area contributed by atoms with E-state index in [1.54, 1.807) is 0 Å². The highest BCUT2D eigenvalue weighted by atomic mass is 35.5. The summed E-state index contributed by atoms with van der Waals surface area (Å²) in [6, 6.07) is 3.80. The molecule has 1 fully saturated rings. The Labute approximate surface area is 203 Å². The molecule has 34 heavy (non-hydrogen) atoms. The van der Waals surface area contributed by atoms with Crippen LogP contribution in [0.1, 0.15) is 33.1 Å². The number of rotatable bonds is 8. The second-order valence-electron chi connectivity index (χ2n) is 8.60. The Morgan fingerprint density at radius 3 is 2.79 bits per heavy atom. The van der Waals surface area contributed by atoms with E-state index in [0.29, 0.717) is 51.8 Å². The van der Waals surface area contributed by atoms with Gasteiger partial charge in [0.1, 0.15) is 35.9 Å². The van der Waals surface area contributed by atoms with Crippen molar-refractivity contribution in [1.82, 2.24) is 19.9 Å². The van der Waals surface area contributed by atoms with E-state index in [1.807, 2.05) is 26.0 Å². The van der Waals surface area contributed by atoms with Crippen LogP contribution in [0.15, 0.2) is 24.7 Å². The third-order valence-electron chi connectivity index (χ3n) is 5.76. The fraction of sp³-hybridized carbons (Fsp3) is 0.458. The summed E-state index contributed by atoms with van der Waals surface area (Å²) in [7, 11) is 0. The zero-order chi connectivity index (χ0) is 23.5. The molecule has 2 aliphatic rings. The van der Waals surface area contributed by atoms with Crippen molar-refractivity contribution in [3.05, 3.63) is 29.7 Å². The van der Waals surface area contributed by atoms with E-state index in [2.05, 4.69) is 25.2 Å². The summed E-state index contributed by atoms with van der Waals surface area (Å²) >= 11 is 6.42. The topological polar surface area (TPSA) is 90.9 Å². The Morgan fingerprint density at radius 2 is 1.97 bits per heavy atom. The molecule has 2 aromatic heterocycles. The average Bonchev–Trinajstić information content (AvgIpc) is 3.30. The Kier molecular flexibility index (Phi) is 6.73. The maximum atomic E-state index is 6.42. The van der Waals surface area contributed by atoms with Crippen LogP contribution < -0.4 is 24.3 Å². The highest BCUT2D eigenvalue weighted by Gasteiger charge is 2.24. The first-order chi connectivity index (χ1) is 16.6. The molecule has 9 nitrogen and oxygen atoms in total. The molecule has 0 bridgehead atoms. The van der Waals surface area contributed by atoms with E-state index in [-0.39, 0.29) is 12.9 Å². The Morgan fingerprint density at radius 1 is 1.12 bits per heavy atom. The molecule has 1 saturated heterocycles. The smallest absolute Gasteiger partial charge is 0.262 e. The van der Waals surface area contributed by atoms with Gasteiger partial charge in [-0.25, -0.2) is 15.0 Å². The van der Waals surface area contributed by atoms with Gasteiger partial charge < -0.3 is 24.3 Å². The third kappa shape index (κ3) is 4.90. The molecule has 0 saturated carbocycles. The second kappa shape index (κ2) is 10.1. The Hall–Kier alpha value is -3.04. The number of pyridine rings is 1. The van der Waals surface area contributed by atoms with Gasteiger partial charge in [0, 0.05) is 18.7 Å². The molecule has 0 radical (unpaired) electrons. The first-order valence-corrected chi connectivity index (χ1v) is 12.0. The lowest BCUT2D eigenvalue weighted by Crippen LogP contribution is -2.33. The molecule has 5 rings (SSSR count). The summed E-state index contributed by atoms with van der Waals surface area (Å²) < 4.78 is 23.2. The van der Waals surface area contributed by atoms with Crippen LogP contribution in [0, 0.1) is 0 Å². The lowest BCUT2D eigenvalue weighted by molar-refractivity contribution is 0.171. The highest BCUT2D eigenvalue weighted by Crippen LogP contribution is 2.44. The van der Waals surface area contributed by atoms with Gasteiger partial charge in [0.15, 0.2) is 0 Å². The van der Waals surface area contributed by atoms with Gasteiger partial charge in [0.05, 0.1) is 28.2 Å². The van der Waals surface area contributed by atoms with Gasteiger partial charge in [-0.15, -0.1) is 0 Å². The quantitative estimate of drug-likeness (QED) is 0.482. The van der Waals surface area contributed by atoms with Crippen LogP contribution in [0.3, 0.4) is 0 Å². The number of hydrogen-bond acceptors (Lipinski definition) is 9. The van der Waals surface area contributed by atoms with Crippen LogP contribution in [0.2, 0.25) is 5.02 Å². The molecule has 3 aromatic rings. The zero-order valence-electron chi connectivity index (χ0n) is 19.3. The number of anilines is 2. The van der Waals surface area contributed by atoms with Crippen molar-refractivity contribution in [1.29, 1.82) is 0 Å². The largest absolute Gasteiger partial charge is 0.492 e. The van der Waals surface area contributed by atoms with Crippen molar-refractivity contribution >= 4 is 34.0 Å². The molecule has 2 aliphatic heterocycles. The van der Waals surface area contributed by atoms with E-state index in [9.17, 15) is 0 Å². The normalized spacial score (nSPS) is 15.6. The van der Waals surface area contributed by atoms with E-state index in [4.69, 9.17) is 30.5 Å². The van der Waals surface area contributed by atoms with Crippen molar-refractivity contribution < 1.29 is 18.9 Å². The minimum absolute atomic E-state index is 0.0506. The maximum Gasteiger partial charge on any atom is 0.262 e. The van der Waals surface area contributed by atoms with Gasteiger partial charge in [0.2, 0.25) is 12.5 Å². The molecule has 0 aliphatic carbocycles. The molecule has 0 atom stereocenters. The summed E-state index contributed by atoms with van der Waals surface area (Å²) in [5.41, 5.74) is 1.23. The number of hydrogen-bond donors (Lipinski definition) is 1. The Balaban J connectivity index is 1.45. The first kappa shape index (κ1) is 22.7. The summed E-state index contributed by atoms with van der Waals surface area (Å²) in [5.74, 6) is 2.70. The van der Waals surface area contributed by atoms with E-state index in [1.165, 1.54) is 31.8 Å². The van der Waals surface area contributed by atoms with Crippen LogP contribution in [0.4, 0.5) is 11.5 Å². The third-order valence-corrected chi connectivity index (χ3v) is 6.05. The number of halogens is 1. The zero-order valence-corrected chi connectivity index (χ0v) is 20.1. The van der Waals surface area contributed by atoms with Gasteiger partial charge in [-0.2, -0.15) is 0 Å². The fourth-order valence-corrected chi connectivity index (χ4v) is 4.38. The van der Waals surface area contributed by atoms with Crippen LogP contribution >= 0.6 is 11.6 Å². The number of ether oxygens (including phenoxy) is 4. The van der Waals surface area contributed by atoms with Gasteiger partial charge in [-0.3, -0.25) is 4.90 Å². The van der Waals surface area contributed by atoms with Crippen LogP contribution in [-0.2, 0) is 0 Å². The van der Waals surface area contributed by atoms with Gasteiger partial charge in [0.25, 0.3) is 5.88 Å². The van der Waals surface area contributed by atoms with Gasteiger partial charge in [-0.05, 0) is 39.8 Å². The molecule has 0 spiro atoms. The maximum absolute atomic E-state index is 6.42. The number of likely N-dealkylation sites (tertiary alicyclic amines) is 1. The summed E-state index contributed by atoms with van der Waals surface area (Å²) in [6.07, 6.45) is 6.80. The van der Waals surface area contributed by atoms with Crippen molar-refractivity contribution in [3.63, 3.8) is 0 Å². The Bertz CT molecular complexity index is 1170. The standard InChI is InChI=1S/C24H28ClN5O4/c1-15(2)34-19-11-16(31-9-8-30-6-4-3-5-7-30)10-18-20(19)23(28-13-27-18)29-21-17(25)12-26-24-22(21)32-14-33-24/h10-13,15H,3-9,14H2,1-2H3,(H,26,27,28,29). The molecule has 0 unspecified atom stereocenters.